The highest BCUT2D eigenvalue weighted by atomic mass is 19.1. The molecule has 1 atom stereocenters. The summed E-state index contributed by atoms with van der Waals surface area (Å²) in [6.07, 6.45) is 15.9. The molecule has 0 spiro atoms. The Morgan fingerprint density at radius 3 is 2.55 bits per heavy atom. The molecule has 3 rings (SSSR count). The molecule has 2 aliphatic carbocycles. The zero-order valence-corrected chi connectivity index (χ0v) is 12.3. The molecule has 0 heterocycles. The maximum absolute atomic E-state index is 14.5. The van der Waals surface area contributed by atoms with E-state index in [0.29, 0.717) is 5.92 Å². The van der Waals surface area contributed by atoms with E-state index in [-0.39, 0.29) is 11.2 Å². The van der Waals surface area contributed by atoms with Gasteiger partial charge in [-0.2, -0.15) is 0 Å². The maximum Gasteiger partial charge on any atom is 0.126 e. The van der Waals surface area contributed by atoms with E-state index in [0.717, 1.165) is 18.4 Å². The van der Waals surface area contributed by atoms with E-state index in [4.69, 9.17) is 0 Å². The van der Waals surface area contributed by atoms with Gasteiger partial charge in [-0.15, -0.1) is 0 Å². The Bertz CT molecular complexity index is 468. The van der Waals surface area contributed by atoms with Crippen LogP contribution in [0, 0.1) is 11.7 Å². The van der Waals surface area contributed by atoms with Gasteiger partial charge in [0.05, 0.1) is 0 Å². The second-order valence-electron chi connectivity index (χ2n) is 6.52. The van der Waals surface area contributed by atoms with Crippen molar-refractivity contribution >= 4 is 0 Å². The first kappa shape index (κ1) is 13.9. The minimum absolute atomic E-state index is 0.00652. The molecule has 1 aromatic carbocycles. The Labute approximate surface area is 122 Å². The third-order valence-corrected chi connectivity index (χ3v) is 5.37. The molecule has 1 heteroatoms. The lowest BCUT2D eigenvalue weighted by Gasteiger charge is -2.43. The lowest BCUT2D eigenvalue weighted by Crippen LogP contribution is -2.37. The van der Waals surface area contributed by atoms with Crippen LogP contribution in [0.4, 0.5) is 4.39 Å². The molecule has 0 nitrogen and oxygen atoms in total. The van der Waals surface area contributed by atoms with E-state index in [1.165, 1.54) is 44.9 Å². The summed E-state index contributed by atoms with van der Waals surface area (Å²) in [4.78, 5) is 0. The van der Waals surface area contributed by atoms with E-state index in [2.05, 4.69) is 12.2 Å². The SMILES string of the molecule is Fc1ccccc1C1(C2C=CCCCC2)CCCCC1. The Morgan fingerprint density at radius 1 is 0.950 bits per heavy atom. The molecule has 0 amide bonds. The molecule has 2 aliphatic rings. The monoisotopic (exact) mass is 272 g/mol. The van der Waals surface area contributed by atoms with Crippen molar-refractivity contribution in [2.24, 2.45) is 5.92 Å². The van der Waals surface area contributed by atoms with Gasteiger partial charge in [0.25, 0.3) is 0 Å². The van der Waals surface area contributed by atoms with Gasteiger partial charge >= 0.3 is 0 Å². The maximum atomic E-state index is 14.5. The number of halogens is 1. The first-order valence-electron chi connectivity index (χ1n) is 8.25. The molecular weight excluding hydrogens is 247 g/mol. The number of allylic oxidation sites excluding steroid dienone is 2. The van der Waals surface area contributed by atoms with Crippen LogP contribution in [-0.2, 0) is 5.41 Å². The molecule has 0 bridgehead atoms. The lowest BCUT2D eigenvalue weighted by atomic mass is 9.61. The standard InChI is InChI=1S/C19H25F/c20-18-13-7-6-12-17(18)19(14-8-3-9-15-19)16-10-4-1-2-5-11-16/h4,6-7,10,12-13,16H,1-3,5,8-9,11,14-15H2. The summed E-state index contributed by atoms with van der Waals surface area (Å²) in [5.74, 6) is 0.536. The van der Waals surface area contributed by atoms with Gasteiger partial charge in [0.1, 0.15) is 5.82 Å². The highest BCUT2D eigenvalue weighted by molar-refractivity contribution is 5.30. The van der Waals surface area contributed by atoms with Gasteiger partial charge < -0.3 is 0 Å². The van der Waals surface area contributed by atoms with Crippen molar-refractivity contribution in [3.8, 4) is 0 Å². The fourth-order valence-electron chi connectivity index (χ4n) is 4.33. The normalized spacial score (nSPS) is 26.1. The molecule has 0 aliphatic heterocycles. The Hall–Kier alpha value is -1.11. The molecule has 1 unspecified atom stereocenters. The van der Waals surface area contributed by atoms with Crippen LogP contribution in [0.3, 0.4) is 0 Å². The molecule has 0 radical (unpaired) electrons. The summed E-state index contributed by atoms with van der Waals surface area (Å²) in [6.45, 7) is 0. The summed E-state index contributed by atoms with van der Waals surface area (Å²) >= 11 is 0. The van der Waals surface area contributed by atoms with E-state index in [1.807, 2.05) is 18.2 Å². The molecular formula is C19H25F. The van der Waals surface area contributed by atoms with Crippen molar-refractivity contribution < 1.29 is 4.39 Å². The van der Waals surface area contributed by atoms with Gasteiger partial charge in [-0.1, -0.05) is 56.0 Å². The van der Waals surface area contributed by atoms with Crippen molar-refractivity contribution in [2.75, 3.05) is 0 Å². The molecule has 1 aromatic rings. The van der Waals surface area contributed by atoms with Gasteiger partial charge in [-0.25, -0.2) is 4.39 Å². The van der Waals surface area contributed by atoms with E-state index in [9.17, 15) is 4.39 Å². The van der Waals surface area contributed by atoms with Crippen molar-refractivity contribution in [1.29, 1.82) is 0 Å². The highest BCUT2D eigenvalue weighted by Gasteiger charge is 2.41. The number of hydrogen-bond acceptors (Lipinski definition) is 0. The van der Waals surface area contributed by atoms with E-state index >= 15 is 0 Å². The largest absolute Gasteiger partial charge is 0.207 e. The first-order valence-corrected chi connectivity index (χ1v) is 8.25. The minimum Gasteiger partial charge on any atom is -0.207 e. The van der Waals surface area contributed by atoms with Gasteiger partial charge in [0.15, 0.2) is 0 Å². The molecule has 0 N–H and O–H groups in total. The van der Waals surface area contributed by atoms with Crippen molar-refractivity contribution in [3.05, 3.63) is 47.8 Å². The second kappa shape index (κ2) is 6.11. The Morgan fingerprint density at radius 2 is 1.75 bits per heavy atom. The zero-order valence-electron chi connectivity index (χ0n) is 12.3. The highest BCUT2D eigenvalue weighted by Crippen LogP contribution is 2.48. The fraction of sp³-hybridized carbons (Fsp3) is 0.579. The van der Waals surface area contributed by atoms with Crippen LogP contribution in [0.1, 0.15) is 63.4 Å². The van der Waals surface area contributed by atoms with Crippen LogP contribution in [0.5, 0.6) is 0 Å². The van der Waals surface area contributed by atoms with Gasteiger partial charge in [0.2, 0.25) is 0 Å². The molecule has 1 saturated carbocycles. The molecule has 20 heavy (non-hydrogen) atoms. The minimum atomic E-state index is 0.00652. The van der Waals surface area contributed by atoms with E-state index < -0.39 is 0 Å². The number of rotatable bonds is 2. The summed E-state index contributed by atoms with van der Waals surface area (Å²) in [5.41, 5.74) is 1.04. The summed E-state index contributed by atoms with van der Waals surface area (Å²) in [7, 11) is 0. The number of benzene rings is 1. The summed E-state index contributed by atoms with van der Waals surface area (Å²) < 4.78 is 14.5. The van der Waals surface area contributed by atoms with Gasteiger partial charge in [0, 0.05) is 5.41 Å². The molecule has 1 fully saturated rings. The van der Waals surface area contributed by atoms with Gasteiger partial charge in [-0.05, 0) is 49.7 Å². The smallest absolute Gasteiger partial charge is 0.126 e. The predicted octanol–water partition coefficient (Wildman–Crippen LogP) is 5.77. The zero-order chi connectivity index (χ0) is 13.8. The third-order valence-electron chi connectivity index (χ3n) is 5.37. The van der Waals surface area contributed by atoms with Crippen molar-refractivity contribution in [3.63, 3.8) is 0 Å². The van der Waals surface area contributed by atoms with Crippen LogP contribution >= 0.6 is 0 Å². The van der Waals surface area contributed by atoms with Crippen LogP contribution in [0.25, 0.3) is 0 Å². The third kappa shape index (κ3) is 2.55. The van der Waals surface area contributed by atoms with Crippen molar-refractivity contribution in [2.45, 2.75) is 63.2 Å². The average Bonchev–Trinajstić information content (AvgIpc) is 2.78. The van der Waals surface area contributed by atoms with Crippen LogP contribution in [0.2, 0.25) is 0 Å². The number of hydrogen-bond donors (Lipinski definition) is 0. The molecule has 108 valence electrons. The van der Waals surface area contributed by atoms with Gasteiger partial charge in [-0.3, -0.25) is 0 Å². The first-order chi connectivity index (χ1) is 9.83. The predicted molar refractivity (Wildman–Crippen MR) is 82.3 cm³/mol. The topological polar surface area (TPSA) is 0 Å². The second-order valence-corrected chi connectivity index (χ2v) is 6.52. The fourth-order valence-corrected chi connectivity index (χ4v) is 4.33. The Kier molecular flexibility index (Phi) is 4.24. The average molecular weight is 272 g/mol. The quantitative estimate of drug-likeness (QED) is 0.599. The van der Waals surface area contributed by atoms with E-state index in [1.54, 1.807) is 6.07 Å². The van der Waals surface area contributed by atoms with Crippen LogP contribution < -0.4 is 0 Å². The Balaban J connectivity index is 2.01. The molecule has 0 aromatic heterocycles. The molecule has 0 saturated heterocycles. The van der Waals surface area contributed by atoms with Crippen LogP contribution in [-0.4, -0.2) is 0 Å². The summed E-state index contributed by atoms with van der Waals surface area (Å²) in [6, 6.07) is 7.51. The van der Waals surface area contributed by atoms with Crippen molar-refractivity contribution in [1.82, 2.24) is 0 Å². The lowest BCUT2D eigenvalue weighted by molar-refractivity contribution is 0.207. The summed E-state index contributed by atoms with van der Waals surface area (Å²) in [5, 5.41) is 0. The van der Waals surface area contributed by atoms with Crippen LogP contribution in [0.15, 0.2) is 36.4 Å².